The summed E-state index contributed by atoms with van der Waals surface area (Å²) in [6.45, 7) is 2.35. The molecule has 1 saturated heterocycles. The lowest BCUT2D eigenvalue weighted by molar-refractivity contribution is -0.117. The van der Waals surface area contributed by atoms with Gasteiger partial charge in [0.25, 0.3) is 0 Å². The van der Waals surface area contributed by atoms with Gasteiger partial charge >= 0.3 is 5.63 Å². The van der Waals surface area contributed by atoms with Crippen LogP contribution in [-0.4, -0.2) is 19.0 Å². The lowest BCUT2D eigenvalue weighted by Gasteiger charge is -2.21. The molecule has 1 aliphatic rings. The summed E-state index contributed by atoms with van der Waals surface area (Å²) in [7, 11) is 0. The number of carbonyl (C=O) groups is 1. The summed E-state index contributed by atoms with van der Waals surface area (Å²) in [5, 5.41) is 8.30. The molecule has 0 atom stereocenters. The average molecular weight is 443 g/mol. The van der Waals surface area contributed by atoms with Gasteiger partial charge in [-0.3, -0.25) is 4.79 Å². The number of amides is 1. The van der Waals surface area contributed by atoms with E-state index in [0.29, 0.717) is 41.4 Å². The monoisotopic (exact) mass is 442 g/mol. The fourth-order valence-corrected chi connectivity index (χ4v) is 4.38. The molecule has 0 radical (unpaired) electrons. The van der Waals surface area contributed by atoms with E-state index in [1.165, 1.54) is 0 Å². The molecule has 2 N–H and O–H groups in total. The highest BCUT2D eigenvalue weighted by Gasteiger charge is 2.17. The first-order valence-electron chi connectivity index (χ1n) is 11.3. The Hall–Kier alpha value is -3.64. The quantitative estimate of drug-likeness (QED) is 0.329. The second-order valence-electron chi connectivity index (χ2n) is 8.53. The molecule has 168 valence electrons. The van der Waals surface area contributed by atoms with Crippen LogP contribution in [0.4, 0.5) is 5.69 Å². The zero-order valence-electron chi connectivity index (χ0n) is 18.3. The van der Waals surface area contributed by atoms with E-state index < -0.39 is 5.63 Å². The molecule has 1 aromatic heterocycles. The van der Waals surface area contributed by atoms with E-state index in [4.69, 9.17) is 9.15 Å². The number of hydrogen-bond acceptors (Lipinski definition) is 5. The lowest BCUT2D eigenvalue weighted by atomic mass is 9.94. The van der Waals surface area contributed by atoms with Gasteiger partial charge in [-0.25, -0.2) is 4.79 Å². The molecule has 6 heteroatoms. The second-order valence-corrected chi connectivity index (χ2v) is 8.53. The molecule has 5 rings (SSSR count). The van der Waals surface area contributed by atoms with Crippen molar-refractivity contribution >= 4 is 33.3 Å². The third-order valence-electron chi connectivity index (χ3n) is 6.15. The average Bonchev–Trinajstić information content (AvgIpc) is 2.84. The first-order valence-corrected chi connectivity index (χ1v) is 11.3. The summed E-state index contributed by atoms with van der Waals surface area (Å²) in [4.78, 5) is 25.2. The Labute approximate surface area is 191 Å². The van der Waals surface area contributed by atoms with Crippen LogP contribution in [0.5, 0.6) is 5.75 Å². The van der Waals surface area contributed by atoms with Crippen molar-refractivity contribution < 1.29 is 13.9 Å². The van der Waals surface area contributed by atoms with Gasteiger partial charge in [0.05, 0.1) is 5.39 Å². The minimum absolute atomic E-state index is 0.0216. The largest absolute Gasteiger partial charge is 0.489 e. The SMILES string of the molecule is O=C(CC1CCNCC1)Nc1ccc2c(c1)c(=O)oc1cc(OCc3ccccc3)ccc12. The Balaban J connectivity index is 1.35. The Bertz CT molecular complexity index is 1340. The fraction of sp³-hybridized carbons (Fsp3) is 0.259. The first-order chi connectivity index (χ1) is 16.2. The number of carbonyl (C=O) groups excluding carboxylic acids is 1. The van der Waals surface area contributed by atoms with E-state index in [1.807, 2.05) is 54.6 Å². The molecule has 0 bridgehead atoms. The van der Waals surface area contributed by atoms with Gasteiger partial charge < -0.3 is 19.8 Å². The summed E-state index contributed by atoms with van der Waals surface area (Å²) in [5.74, 6) is 1.02. The van der Waals surface area contributed by atoms with Gasteiger partial charge in [0.1, 0.15) is 17.9 Å². The van der Waals surface area contributed by atoms with Crippen LogP contribution in [0, 0.1) is 5.92 Å². The van der Waals surface area contributed by atoms with Crippen LogP contribution < -0.4 is 21.0 Å². The molecule has 6 nitrogen and oxygen atoms in total. The summed E-state index contributed by atoms with van der Waals surface area (Å²) in [6.07, 6.45) is 2.52. The summed E-state index contributed by atoms with van der Waals surface area (Å²) < 4.78 is 11.5. The summed E-state index contributed by atoms with van der Waals surface area (Å²) in [5.41, 5.74) is 1.70. The molecule has 0 saturated carbocycles. The number of nitrogens with one attached hydrogen (secondary N) is 2. The number of rotatable bonds is 6. The molecule has 1 aliphatic heterocycles. The maximum absolute atomic E-state index is 12.7. The van der Waals surface area contributed by atoms with E-state index >= 15 is 0 Å². The predicted molar refractivity (Wildman–Crippen MR) is 130 cm³/mol. The van der Waals surface area contributed by atoms with Crippen molar-refractivity contribution in [1.29, 1.82) is 0 Å². The molecule has 0 unspecified atom stereocenters. The Morgan fingerprint density at radius 2 is 1.76 bits per heavy atom. The van der Waals surface area contributed by atoms with E-state index in [1.54, 1.807) is 12.1 Å². The molecule has 3 aromatic carbocycles. The van der Waals surface area contributed by atoms with Crippen LogP contribution in [0.25, 0.3) is 21.7 Å². The van der Waals surface area contributed by atoms with Crippen molar-refractivity contribution in [3.63, 3.8) is 0 Å². The molecule has 1 fully saturated rings. The molecule has 4 aromatic rings. The third kappa shape index (κ3) is 4.91. The minimum Gasteiger partial charge on any atom is -0.489 e. The van der Waals surface area contributed by atoms with Crippen LogP contribution in [0.2, 0.25) is 0 Å². The Morgan fingerprint density at radius 1 is 0.970 bits per heavy atom. The third-order valence-corrected chi connectivity index (χ3v) is 6.15. The van der Waals surface area contributed by atoms with Crippen molar-refractivity contribution in [3.05, 3.63) is 82.7 Å². The normalized spacial score (nSPS) is 14.4. The maximum Gasteiger partial charge on any atom is 0.344 e. The molecule has 0 spiro atoms. The standard InChI is InChI=1S/C27H26N2O4/c30-26(14-18-10-12-28-13-11-18)29-20-6-8-22-23-9-7-21(32-17-19-4-2-1-3-5-19)16-25(23)33-27(31)24(22)15-20/h1-9,15-16,18,28H,10-14,17H2,(H,29,30). The number of benzene rings is 3. The van der Waals surface area contributed by atoms with Crippen molar-refractivity contribution in [3.8, 4) is 5.75 Å². The first kappa shape index (κ1) is 21.2. The molecular weight excluding hydrogens is 416 g/mol. The number of anilines is 1. The van der Waals surface area contributed by atoms with Crippen LogP contribution in [-0.2, 0) is 11.4 Å². The predicted octanol–water partition coefficient (Wildman–Crippen LogP) is 4.85. The fourth-order valence-electron chi connectivity index (χ4n) is 4.38. The molecule has 33 heavy (non-hydrogen) atoms. The topological polar surface area (TPSA) is 80.6 Å². The van der Waals surface area contributed by atoms with Crippen molar-refractivity contribution in [2.75, 3.05) is 18.4 Å². The van der Waals surface area contributed by atoms with Gasteiger partial charge in [-0.2, -0.15) is 0 Å². The van der Waals surface area contributed by atoms with Gasteiger partial charge in [-0.05, 0) is 61.7 Å². The smallest absolute Gasteiger partial charge is 0.344 e. The van der Waals surface area contributed by atoms with Crippen molar-refractivity contribution in [1.82, 2.24) is 5.32 Å². The van der Waals surface area contributed by atoms with E-state index in [-0.39, 0.29) is 5.91 Å². The van der Waals surface area contributed by atoms with Gasteiger partial charge in [0, 0.05) is 28.9 Å². The number of ether oxygens (including phenoxy) is 1. The highest BCUT2D eigenvalue weighted by atomic mass is 16.5. The maximum atomic E-state index is 12.7. The zero-order valence-corrected chi connectivity index (χ0v) is 18.3. The van der Waals surface area contributed by atoms with Crippen molar-refractivity contribution in [2.24, 2.45) is 5.92 Å². The lowest BCUT2D eigenvalue weighted by Crippen LogP contribution is -2.30. The van der Waals surface area contributed by atoms with Gasteiger partial charge in [-0.15, -0.1) is 0 Å². The molecule has 1 amide bonds. The molecule has 2 heterocycles. The highest BCUT2D eigenvalue weighted by Crippen LogP contribution is 2.28. The molecular formula is C27H26N2O4. The Morgan fingerprint density at radius 3 is 2.58 bits per heavy atom. The van der Waals surface area contributed by atoms with Crippen LogP contribution in [0.3, 0.4) is 0 Å². The van der Waals surface area contributed by atoms with Gasteiger partial charge in [-0.1, -0.05) is 36.4 Å². The van der Waals surface area contributed by atoms with E-state index in [2.05, 4.69) is 10.6 Å². The van der Waals surface area contributed by atoms with Crippen LogP contribution in [0.15, 0.2) is 75.9 Å². The minimum atomic E-state index is -0.438. The summed E-state index contributed by atoms with van der Waals surface area (Å²) >= 11 is 0. The Kier molecular flexibility index (Phi) is 6.09. The number of hydrogen-bond donors (Lipinski definition) is 2. The van der Waals surface area contributed by atoms with Gasteiger partial charge in [0.2, 0.25) is 5.91 Å². The number of piperidine rings is 1. The highest BCUT2D eigenvalue weighted by molar-refractivity contribution is 6.06. The molecule has 0 aliphatic carbocycles. The van der Waals surface area contributed by atoms with Crippen LogP contribution >= 0.6 is 0 Å². The number of fused-ring (bicyclic) bond motifs is 3. The summed E-state index contributed by atoms with van der Waals surface area (Å²) in [6, 6.07) is 20.8. The zero-order chi connectivity index (χ0) is 22.6. The van der Waals surface area contributed by atoms with E-state index in [0.717, 1.165) is 42.3 Å². The van der Waals surface area contributed by atoms with Crippen molar-refractivity contribution in [2.45, 2.75) is 25.9 Å². The van der Waals surface area contributed by atoms with Crippen LogP contribution in [0.1, 0.15) is 24.8 Å². The van der Waals surface area contributed by atoms with E-state index in [9.17, 15) is 9.59 Å². The van der Waals surface area contributed by atoms with Gasteiger partial charge in [0.15, 0.2) is 0 Å². The second kappa shape index (κ2) is 9.46.